The Kier molecular flexibility index (Phi) is 3.87. The molecule has 0 atom stereocenters. The predicted octanol–water partition coefficient (Wildman–Crippen LogP) is 3.17. The van der Waals surface area contributed by atoms with Crippen LogP contribution < -0.4 is 0 Å². The van der Waals surface area contributed by atoms with E-state index >= 15 is 0 Å². The lowest BCUT2D eigenvalue weighted by Gasteiger charge is -2.33. The first kappa shape index (κ1) is 14.1. The van der Waals surface area contributed by atoms with Crippen molar-refractivity contribution in [3.05, 3.63) is 35.4 Å². The molecule has 0 unspecified atom stereocenters. The second-order valence-electron chi connectivity index (χ2n) is 7.63. The molecular formula is C18H30N2+2. The van der Waals surface area contributed by atoms with Crippen molar-refractivity contribution >= 4 is 0 Å². The van der Waals surface area contributed by atoms with Gasteiger partial charge in [-0.05, 0) is 0 Å². The fourth-order valence-corrected chi connectivity index (χ4v) is 4.20. The van der Waals surface area contributed by atoms with Gasteiger partial charge in [-0.3, -0.25) is 0 Å². The molecule has 2 saturated heterocycles. The Morgan fingerprint density at radius 2 is 1.05 bits per heavy atom. The van der Waals surface area contributed by atoms with E-state index in [2.05, 4.69) is 38.4 Å². The van der Waals surface area contributed by atoms with Gasteiger partial charge in [-0.2, -0.15) is 0 Å². The van der Waals surface area contributed by atoms with Crippen molar-refractivity contribution in [2.24, 2.45) is 0 Å². The largest absolute Gasteiger partial charge is 0.322 e. The number of rotatable bonds is 4. The summed E-state index contributed by atoms with van der Waals surface area (Å²) in [7, 11) is 4.88. The molecule has 3 rings (SSSR count). The molecule has 2 nitrogen and oxygen atoms in total. The zero-order chi connectivity index (χ0) is 14.1. The third-order valence-corrected chi connectivity index (χ3v) is 5.51. The molecule has 110 valence electrons. The van der Waals surface area contributed by atoms with E-state index in [1.807, 2.05) is 0 Å². The minimum Gasteiger partial charge on any atom is -0.322 e. The highest BCUT2D eigenvalue weighted by Crippen LogP contribution is 2.26. The summed E-state index contributed by atoms with van der Waals surface area (Å²) in [5.41, 5.74) is 3.20. The van der Waals surface area contributed by atoms with Gasteiger partial charge in [0.25, 0.3) is 0 Å². The van der Waals surface area contributed by atoms with E-state index in [4.69, 9.17) is 0 Å². The highest BCUT2D eigenvalue weighted by Gasteiger charge is 2.31. The number of benzene rings is 1. The summed E-state index contributed by atoms with van der Waals surface area (Å²) in [4.78, 5) is 0. The van der Waals surface area contributed by atoms with Gasteiger partial charge in [0.1, 0.15) is 13.1 Å². The first-order valence-corrected chi connectivity index (χ1v) is 8.33. The number of nitrogens with zero attached hydrogens (tertiary/aromatic N) is 2. The van der Waals surface area contributed by atoms with Gasteiger partial charge in [0.2, 0.25) is 0 Å². The van der Waals surface area contributed by atoms with Crippen LogP contribution in [0.5, 0.6) is 0 Å². The molecule has 0 aliphatic carbocycles. The van der Waals surface area contributed by atoms with Crippen LogP contribution in [0.4, 0.5) is 0 Å². The van der Waals surface area contributed by atoms with Crippen molar-refractivity contribution in [3.63, 3.8) is 0 Å². The zero-order valence-corrected chi connectivity index (χ0v) is 13.3. The minimum absolute atomic E-state index is 1.23. The van der Waals surface area contributed by atoms with Crippen LogP contribution in [-0.2, 0) is 13.1 Å². The van der Waals surface area contributed by atoms with Gasteiger partial charge in [-0.1, -0.05) is 24.3 Å². The Morgan fingerprint density at radius 1 is 0.700 bits per heavy atom. The number of hydrogen-bond acceptors (Lipinski definition) is 0. The highest BCUT2D eigenvalue weighted by molar-refractivity contribution is 5.25. The van der Waals surface area contributed by atoms with Gasteiger partial charge in [-0.15, -0.1) is 0 Å². The maximum Gasteiger partial charge on any atom is 0.105 e. The maximum atomic E-state index is 2.44. The average Bonchev–Trinajstić information content (AvgIpc) is 3.02. The monoisotopic (exact) mass is 274 g/mol. The van der Waals surface area contributed by atoms with Crippen molar-refractivity contribution in [2.45, 2.75) is 38.8 Å². The van der Waals surface area contributed by atoms with E-state index in [9.17, 15) is 0 Å². The highest BCUT2D eigenvalue weighted by atomic mass is 15.3. The normalized spacial score (nSPS) is 24.1. The molecule has 0 amide bonds. The van der Waals surface area contributed by atoms with Crippen LogP contribution >= 0.6 is 0 Å². The molecule has 0 spiro atoms. The van der Waals surface area contributed by atoms with E-state index in [0.29, 0.717) is 0 Å². The molecule has 2 fully saturated rings. The van der Waals surface area contributed by atoms with E-state index in [0.717, 1.165) is 0 Å². The summed E-state index contributed by atoms with van der Waals surface area (Å²) < 4.78 is 2.50. The molecule has 0 radical (unpaired) electrons. The maximum absolute atomic E-state index is 2.44. The second-order valence-corrected chi connectivity index (χ2v) is 7.63. The lowest BCUT2D eigenvalue weighted by Crippen LogP contribution is -2.42. The smallest absolute Gasteiger partial charge is 0.105 e. The van der Waals surface area contributed by atoms with Gasteiger partial charge in [0.15, 0.2) is 0 Å². The van der Waals surface area contributed by atoms with Crippen LogP contribution in [-0.4, -0.2) is 49.2 Å². The van der Waals surface area contributed by atoms with Gasteiger partial charge in [0.05, 0.1) is 40.3 Å². The molecule has 2 aliphatic rings. The topological polar surface area (TPSA) is 0 Å². The standard InChI is InChI=1S/C18H30N2/c1-19(11-5-6-12-19)15-17-9-3-4-10-18(17)16-20(2)13-7-8-14-20/h3-4,9-10H,5-8,11-16H2,1-2H3/q+2. The molecule has 0 N–H and O–H groups in total. The summed E-state index contributed by atoms with van der Waals surface area (Å²) in [6.45, 7) is 7.91. The molecular weight excluding hydrogens is 244 g/mol. The molecule has 0 saturated carbocycles. The van der Waals surface area contributed by atoms with Crippen LogP contribution in [0.2, 0.25) is 0 Å². The third kappa shape index (κ3) is 3.07. The van der Waals surface area contributed by atoms with Crippen molar-refractivity contribution in [3.8, 4) is 0 Å². The lowest BCUT2D eigenvalue weighted by molar-refractivity contribution is -0.914. The molecule has 2 aliphatic heterocycles. The Bertz CT molecular complexity index is 411. The predicted molar refractivity (Wildman–Crippen MR) is 84.2 cm³/mol. The minimum atomic E-state index is 1.23. The van der Waals surface area contributed by atoms with Crippen LogP contribution in [0.1, 0.15) is 36.8 Å². The quantitative estimate of drug-likeness (QED) is 0.740. The van der Waals surface area contributed by atoms with E-state index in [-0.39, 0.29) is 0 Å². The van der Waals surface area contributed by atoms with Crippen molar-refractivity contribution in [1.82, 2.24) is 0 Å². The Hall–Kier alpha value is -0.860. The van der Waals surface area contributed by atoms with Gasteiger partial charge in [-0.25, -0.2) is 0 Å². The van der Waals surface area contributed by atoms with Crippen LogP contribution in [0.25, 0.3) is 0 Å². The van der Waals surface area contributed by atoms with E-state index in [1.54, 1.807) is 11.1 Å². The zero-order valence-electron chi connectivity index (χ0n) is 13.3. The number of quaternary nitrogens is 2. The Labute approximate surface area is 124 Å². The fraction of sp³-hybridized carbons (Fsp3) is 0.667. The molecule has 1 aromatic carbocycles. The van der Waals surface area contributed by atoms with Crippen LogP contribution in [0, 0.1) is 0 Å². The van der Waals surface area contributed by atoms with E-state index in [1.165, 1.54) is 73.9 Å². The van der Waals surface area contributed by atoms with Crippen LogP contribution in [0.3, 0.4) is 0 Å². The fourth-order valence-electron chi connectivity index (χ4n) is 4.20. The van der Waals surface area contributed by atoms with Crippen molar-refractivity contribution < 1.29 is 8.97 Å². The Morgan fingerprint density at radius 3 is 1.40 bits per heavy atom. The van der Waals surface area contributed by atoms with Gasteiger partial charge < -0.3 is 8.97 Å². The molecule has 2 heterocycles. The summed E-state index contributed by atoms with van der Waals surface area (Å²) >= 11 is 0. The molecule has 0 aromatic heterocycles. The summed E-state index contributed by atoms with van der Waals surface area (Å²) in [5, 5.41) is 0. The SMILES string of the molecule is C[N+]1(Cc2ccccc2C[N+]2(C)CCCC2)CCCC1. The average molecular weight is 274 g/mol. The van der Waals surface area contributed by atoms with Crippen LogP contribution in [0.15, 0.2) is 24.3 Å². The molecule has 1 aromatic rings. The summed E-state index contributed by atoms with van der Waals surface area (Å²) in [6.07, 6.45) is 5.64. The first-order valence-electron chi connectivity index (χ1n) is 8.33. The second kappa shape index (κ2) is 5.50. The number of likely N-dealkylation sites (tertiary alicyclic amines) is 2. The lowest BCUT2D eigenvalue weighted by atomic mass is 10.1. The van der Waals surface area contributed by atoms with E-state index < -0.39 is 0 Å². The summed E-state index contributed by atoms with van der Waals surface area (Å²) in [5.74, 6) is 0. The summed E-state index contributed by atoms with van der Waals surface area (Å²) in [6, 6.07) is 9.20. The van der Waals surface area contributed by atoms with Gasteiger partial charge in [0, 0.05) is 36.8 Å². The molecule has 20 heavy (non-hydrogen) atoms. The Balaban J connectivity index is 1.77. The van der Waals surface area contributed by atoms with Crippen molar-refractivity contribution in [1.29, 1.82) is 0 Å². The molecule has 0 bridgehead atoms. The first-order chi connectivity index (χ1) is 9.59. The number of hydrogen-bond donors (Lipinski definition) is 0. The third-order valence-electron chi connectivity index (χ3n) is 5.51. The molecule has 2 heteroatoms. The van der Waals surface area contributed by atoms with Gasteiger partial charge >= 0.3 is 0 Å². The van der Waals surface area contributed by atoms with Crippen molar-refractivity contribution in [2.75, 3.05) is 40.3 Å².